The van der Waals surface area contributed by atoms with Gasteiger partial charge >= 0.3 is 0 Å². The van der Waals surface area contributed by atoms with Gasteiger partial charge in [0.25, 0.3) is 0 Å². The van der Waals surface area contributed by atoms with E-state index in [9.17, 15) is 4.79 Å². The van der Waals surface area contributed by atoms with Crippen molar-refractivity contribution in [3.05, 3.63) is 47.8 Å². The summed E-state index contributed by atoms with van der Waals surface area (Å²) in [6.45, 7) is 3.41. The van der Waals surface area contributed by atoms with E-state index < -0.39 is 0 Å². The quantitative estimate of drug-likeness (QED) is 0.896. The lowest BCUT2D eigenvalue weighted by Gasteiger charge is -2.32. The van der Waals surface area contributed by atoms with Crippen molar-refractivity contribution < 1.29 is 4.79 Å². The Bertz CT molecular complexity index is 749. The van der Waals surface area contributed by atoms with Crippen LogP contribution in [-0.2, 0) is 17.8 Å². The van der Waals surface area contributed by atoms with Crippen molar-refractivity contribution in [2.75, 3.05) is 29.9 Å². The van der Waals surface area contributed by atoms with Crippen LogP contribution >= 0.6 is 0 Å². The van der Waals surface area contributed by atoms with Gasteiger partial charge in [-0.3, -0.25) is 4.79 Å². The van der Waals surface area contributed by atoms with E-state index in [0.717, 1.165) is 44.6 Å². The van der Waals surface area contributed by atoms with Gasteiger partial charge in [0.1, 0.15) is 0 Å². The molecule has 0 spiro atoms. The molecule has 1 unspecified atom stereocenters. The van der Waals surface area contributed by atoms with Crippen LogP contribution in [0.15, 0.2) is 36.7 Å². The molecule has 130 valence electrons. The Hall–Kier alpha value is -2.47. The average Bonchev–Trinajstić information content (AvgIpc) is 2.69. The van der Waals surface area contributed by atoms with Crippen LogP contribution in [0.4, 0.5) is 11.6 Å². The molecule has 25 heavy (non-hydrogen) atoms. The van der Waals surface area contributed by atoms with Crippen molar-refractivity contribution in [3.63, 3.8) is 0 Å². The summed E-state index contributed by atoms with van der Waals surface area (Å²) in [6, 6.07) is 7.98. The van der Waals surface area contributed by atoms with E-state index >= 15 is 0 Å². The molecule has 2 aromatic rings. The topological polar surface area (TPSA) is 70.2 Å². The number of carbonyl (C=O) groups excluding carboxylic acids is 1. The van der Waals surface area contributed by atoms with Crippen molar-refractivity contribution in [2.45, 2.75) is 25.8 Å². The fourth-order valence-electron chi connectivity index (χ4n) is 3.71. The van der Waals surface area contributed by atoms with Crippen molar-refractivity contribution in [2.24, 2.45) is 5.92 Å². The highest BCUT2D eigenvalue weighted by Gasteiger charge is 2.27. The Labute approximate surface area is 147 Å². The zero-order valence-electron chi connectivity index (χ0n) is 14.2. The molecular formula is C19H23N5O. The number of piperidine rings is 1. The summed E-state index contributed by atoms with van der Waals surface area (Å²) in [7, 11) is 0. The smallest absolute Gasteiger partial charge is 0.229 e. The Kier molecular flexibility index (Phi) is 4.61. The maximum Gasteiger partial charge on any atom is 0.229 e. The number of amides is 1. The lowest BCUT2D eigenvalue weighted by atomic mass is 9.95. The van der Waals surface area contributed by atoms with Crippen LogP contribution < -0.4 is 15.5 Å². The van der Waals surface area contributed by atoms with Gasteiger partial charge in [0.05, 0.1) is 5.92 Å². The van der Waals surface area contributed by atoms with E-state index in [-0.39, 0.29) is 11.8 Å². The highest BCUT2D eigenvalue weighted by Crippen LogP contribution is 2.26. The minimum Gasteiger partial charge on any atom is -0.340 e. The van der Waals surface area contributed by atoms with Crippen LogP contribution in [0, 0.1) is 5.92 Å². The van der Waals surface area contributed by atoms with Crippen LogP contribution in [0.2, 0.25) is 0 Å². The third kappa shape index (κ3) is 3.49. The molecule has 0 bridgehead atoms. The second-order valence-electron chi connectivity index (χ2n) is 6.69. The molecule has 2 aliphatic heterocycles. The molecule has 1 atom stereocenters. The van der Waals surface area contributed by atoms with E-state index in [1.54, 1.807) is 12.4 Å². The monoisotopic (exact) mass is 337 g/mol. The predicted octanol–water partition coefficient (Wildman–Crippen LogP) is 1.98. The van der Waals surface area contributed by atoms with E-state index in [1.165, 1.54) is 11.1 Å². The van der Waals surface area contributed by atoms with Crippen molar-refractivity contribution >= 4 is 17.5 Å². The molecule has 4 rings (SSSR count). The number of nitrogens with zero attached hydrogens (tertiary/aromatic N) is 3. The molecule has 0 saturated carbocycles. The van der Waals surface area contributed by atoms with Gasteiger partial charge < -0.3 is 15.5 Å². The summed E-state index contributed by atoms with van der Waals surface area (Å²) in [5, 5.41) is 6.55. The first-order valence-electron chi connectivity index (χ1n) is 8.95. The zero-order chi connectivity index (χ0) is 17.1. The van der Waals surface area contributed by atoms with Gasteiger partial charge in [-0.15, -0.1) is 0 Å². The number of anilines is 2. The first-order chi connectivity index (χ1) is 12.3. The molecule has 2 N–H and O–H groups in total. The maximum atomic E-state index is 12.8. The fourth-order valence-corrected chi connectivity index (χ4v) is 3.71. The number of benzene rings is 1. The van der Waals surface area contributed by atoms with Gasteiger partial charge in [-0.2, -0.15) is 0 Å². The number of hydrogen-bond acceptors (Lipinski definition) is 5. The Morgan fingerprint density at radius 2 is 2.12 bits per heavy atom. The Balaban J connectivity index is 1.46. The third-order valence-electron chi connectivity index (χ3n) is 5.03. The van der Waals surface area contributed by atoms with E-state index in [0.29, 0.717) is 12.5 Å². The second kappa shape index (κ2) is 7.19. The summed E-state index contributed by atoms with van der Waals surface area (Å²) in [6.07, 6.45) is 6.34. The minimum absolute atomic E-state index is 0.0323. The van der Waals surface area contributed by atoms with E-state index in [2.05, 4.69) is 31.6 Å². The summed E-state index contributed by atoms with van der Waals surface area (Å²) in [4.78, 5) is 23.6. The number of fused-ring (bicyclic) bond motifs is 1. The molecular weight excluding hydrogens is 314 g/mol. The maximum absolute atomic E-state index is 12.8. The summed E-state index contributed by atoms with van der Waals surface area (Å²) in [5.74, 6) is 0.783. The molecule has 1 aromatic heterocycles. The summed E-state index contributed by atoms with van der Waals surface area (Å²) >= 11 is 0. The zero-order valence-corrected chi connectivity index (χ0v) is 14.2. The Morgan fingerprint density at radius 1 is 1.24 bits per heavy atom. The number of hydrogen-bond donors (Lipinski definition) is 2. The molecule has 0 radical (unpaired) electrons. The molecule has 1 aromatic carbocycles. The molecule has 1 amide bonds. The van der Waals surface area contributed by atoms with E-state index in [4.69, 9.17) is 0 Å². The van der Waals surface area contributed by atoms with Crippen LogP contribution in [0.25, 0.3) is 0 Å². The Morgan fingerprint density at radius 3 is 3.00 bits per heavy atom. The molecule has 0 aliphatic carbocycles. The molecule has 3 heterocycles. The van der Waals surface area contributed by atoms with Gasteiger partial charge in [0.2, 0.25) is 11.9 Å². The van der Waals surface area contributed by atoms with E-state index in [1.807, 2.05) is 18.2 Å². The average molecular weight is 337 g/mol. The van der Waals surface area contributed by atoms with Gasteiger partial charge in [0.15, 0.2) is 0 Å². The standard InChI is InChI=1S/C19H23N5O/c25-18(23-17-6-1-4-14-12-20-10-7-16(14)17)15-5-2-11-24(13-15)19-21-8-3-9-22-19/h1,3-4,6,8-9,15,20H,2,5,7,10-13H2,(H,23,25). The molecule has 6 heteroatoms. The van der Waals surface area contributed by atoms with Crippen LogP contribution in [0.1, 0.15) is 24.0 Å². The first-order valence-corrected chi connectivity index (χ1v) is 8.95. The predicted molar refractivity (Wildman–Crippen MR) is 97.5 cm³/mol. The SMILES string of the molecule is O=C(Nc1cccc2c1CCNC2)C1CCCN(c2ncccn2)C1. The lowest BCUT2D eigenvalue weighted by molar-refractivity contribution is -0.120. The number of rotatable bonds is 3. The highest BCUT2D eigenvalue weighted by molar-refractivity contribution is 5.94. The van der Waals surface area contributed by atoms with Crippen LogP contribution in [0.3, 0.4) is 0 Å². The van der Waals surface area contributed by atoms with Gasteiger partial charge in [-0.25, -0.2) is 9.97 Å². The number of aromatic nitrogens is 2. The first kappa shape index (κ1) is 16.0. The lowest BCUT2D eigenvalue weighted by Crippen LogP contribution is -2.41. The van der Waals surface area contributed by atoms with Gasteiger partial charge in [0, 0.05) is 37.7 Å². The van der Waals surface area contributed by atoms with Gasteiger partial charge in [-0.1, -0.05) is 12.1 Å². The van der Waals surface area contributed by atoms with Gasteiger partial charge in [-0.05, 0) is 49.1 Å². The largest absolute Gasteiger partial charge is 0.340 e. The van der Waals surface area contributed by atoms with Crippen molar-refractivity contribution in [3.8, 4) is 0 Å². The number of nitrogens with one attached hydrogen (secondary N) is 2. The van der Waals surface area contributed by atoms with Crippen molar-refractivity contribution in [1.29, 1.82) is 0 Å². The molecule has 6 nitrogen and oxygen atoms in total. The molecule has 1 saturated heterocycles. The normalized spacial score (nSPS) is 20.0. The van der Waals surface area contributed by atoms with Crippen LogP contribution in [0.5, 0.6) is 0 Å². The molecule has 1 fully saturated rings. The van der Waals surface area contributed by atoms with Crippen LogP contribution in [-0.4, -0.2) is 35.5 Å². The minimum atomic E-state index is -0.0323. The number of carbonyl (C=O) groups is 1. The second-order valence-corrected chi connectivity index (χ2v) is 6.69. The van der Waals surface area contributed by atoms with Crippen molar-refractivity contribution in [1.82, 2.24) is 15.3 Å². The highest BCUT2D eigenvalue weighted by atomic mass is 16.1. The summed E-state index contributed by atoms with van der Waals surface area (Å²) < 4.78 is 0. The third-order valence-corrected chi connectivity index (χ3v) is 5.03. The fraction of sp³-hybridized carbons (Fsp3) is 0.421. The molecule has 2 aliphatic rings. The summed E-state index contributed by atoms with van der Waals surface area (Å²) in [5.41, 5.74) is 3.53.